The minimum atomic E-state index is -1.01. The van der Waals surface area contributed by atoms with E-state index in [0.717, 1.165) is 0 Å². The molecular weight excluding hydrogens is 242 g/mol. The second kappa shape index (κ2) is 5.61. The van der Waals surface area contributed by atoms with Crippen molar-refractivity contribution < 1.29 is 14.3 Å². The first-order chi connectivity index (χ1) is 9.22. The van der Waals surface area contributed by atoms with Crippen molar-refractivity contribution in [2.24, 2.45) is 0 Å². The van der Waals surface area contributed by atoms with Crippen LogP contribution in [0.3, 0.4) is 0 Å². The van der Waals surface area contributed by atoms with Crippen molar-refractivity contribution in [3.63, 3.8) is 0 Å². The maximum Gasteiger partial charge on any atom is 0.385 e. The van der Waals surface area contributed by atoms with Crippen molar-refractivity contribution >= 4 is 11.8 Å². The zero-order chi connectivity index (χ0) is 13.7. The van der Waals surface area contributed by atoms with Gasteiger partial charge >= 0.3 is 5.97 Å². The summed E-state index contributed by atoms with van der Waals surface area (Å²) in [6, 6.07) is 16.2. The number of hydrogen-bond donors (Lipinski definition) is 0. The highest BCUT2D eigenvalue weighted by Crippen LogP contribution is 2.17. The van der Waals surface area contributed by atoms with E-state index < -0.39 is 11.8 Å². The van der Waals surface area contributed by atoms with Gasteiger partial charge in [0.25, 0.3) is 5.78 Å². The Kier molecular flexibility index (Phi) is 3.70. The van der Waals surface area contributed by atoms with Gasteiger partial charge in [-0.2, -0.15) is 5.26 Å². The Labute approximate surface area is 109 Å². The maximum absolute atomic E-state index is 11.8. The second-order valence-corrected chi connectivity index (χ2v) is 3.69. The molecule has 92 valence electrons. The molecule has 2 aromatic rings. The van der Waals surface area contributed by atoms with Gasteiger partial charge in [0.05, 0.1) is 5.56 Å². The summed E-state index contributed by atoms with van der Waals surface area (Å²) in [6.45, 7) is 0. The molecule has 0 bridgehead atoms. The molecule has 19 heavy (non-hydrogen) atoms. The fraction of sp³-hybridized carbons (Fsp3) is 0. The van der Waals surface area contributed by atoms with Crippen molar-refractivity contribution in [1.82, 2.24) is 0 Å². The number of rotatable bonds is 3. The van der Waals surface area contributed by atoms with Crippen molar-refractivity contribution in [2.75, 3.05) is 0 Å². The van der Waals surface area contributed by atoms with Gasteiger partial charge in [-0.05, 0) is 12.1 Å². The van der Waals surface area contributed by atoms with E-state index in [4.69, 9.17) is 10.00 Å². The Morgan fingerprint density at radius 1 is 0.947 bits per heavy atom. The number of ether oxygens (including phenoxy) is 1. The van der Waals surface area contributed by atoms with E-state index >= 15 is 0 Å². The van der Waals surface area contributed by atoms with Crippen molar-refractivity contribution in [1.29, 1.82) is 5.26 Å². The predicted octanol–water partition coefficient (Wildman–Crippen LogP) is 2.35. The molecule has 0 unspecified atom stereocenters. The van der Waals surface area contributed by atoms with Gasteiger partial charge in [-0.3, -0.25) is 4.79 Å². The van der Waals surface area contributed by atoms with Crippen LogP contribution in [0.15, 0.2) is 54.6 Å². The van der Waals surface area contributed by atoms with Crippen molar-refractivity contribution in [3.8, 4) is 11.8 Å². The van der Waals surface area contributed by atoms with E-state index in [0.29, 0.717) is 0 Å². The highest BCUT2D eigenvalue weighted by Gasteiger charge is 2.19. The van der Waals surface area contributed by atoms with Crippen LogP contribution in [-0.2, 0) is 4.79 Å². The number of esters is 1. The molecule has 0 fully saturated rings. The predicted molar refractivity (Wildman–Crippen MR) is 67.6 cm³/mol. The summed E-state index contributed by atoms with van der Waals surface area (Å²) in [5.41, 5.74) is 0.457. The molecule has 0 aliphatic heterocycles. The van der Waals surface area contributed by atoms with Crippen LogP contribution in [0.1, 0.15) is 15.9 Å². The fourth-order valence-electron chi connectivity index (χ4n) is 1.50. The molecule has 0 saturated carbocycles. The molecule has 0 amide bonds. The molecule has 0 aliphatic rings. The second-order valence-electron chi connectivity index (χ2n) is 3.69. The molecule has 4 heteroatoms. The summed E-state index contributed by atoms with van der Waals surface area (Å²) in [7, 11) is 0. The average Bonchev–Trinajstić information content (AvgIpc) is 2.48. The van der Waals surface area contributed by atoms with Crippen LogP contribution in [0.2, 0.25) is 0 Å². The number of nitriles is 1. The first-order valence-corrected chi connectivity index (χ1v) is 5.53. The van der Waals surface area contributed by atoms with Gasteiger partial charge in [0.2, 0.25) is 0 Å². The van der Waals surface area contributed by atoms with Crippen molar-refractivity contribution in [2.45, 2.75) is 0 Å². The summed E-state index contributed by atoms with van der Waals surface area (Å²) in [5, 5.41) is 8.86. The van der Waals surface area contributed by atoms with Gasteiger partial charge in [0.1, 0.15) is 11.8 Å². The van der Waals surface area contributed by atoms with E-state index in [-0.39, 0.29) is 16.9 Å². The zero-order valence-corrected chi connectivity index (χ0v) is 9.87. The van der Waals surface area contributed by atoms with E-state index in [1.54, 1.807) is 30.3 Å². The van der Waals surface area contributed by atoms with Crippen LogP contribution in [0.4, 0.5) is 0 Å². The topological polar surface area (TPSA) is 67.2 Å². The van der Waals surface area contributed by atoms with Crippen molar-refractivity contribution in [3.05, 3.63) is 65.7 Å². The lowest BCUT2D eigenvalue weighted by Crippen LogP contribution is -2.20. The van der Waals surface area contributed by atoms with Crippen LogP contribution in [0.5, 0.6) is 5.75 Å². The van der Waals surface area contributed by atoms with Gasteiger partial charge in [-0.25, -0.2) is 4.79 Å². The smallest absolute Gasteiger partial charge is 0.385 e. The number of benzene rings is 2. The third-order valence-corrected chi connectivity index (χ3v) is 2.43. The van der Waals surface area contributed by atoms with Gasteiger partial charge in [-0.1, -0.05) is 42.5 Å². The zero-order valence-electron chi connectivity index (χ0n) is 9.87. The molecule has 0 saturated heterocycles. The maximum atomic E-state index is 11.8. The van der Waals surface area contributed by atoms with Gasteiger partial charge in [0, 0.05) is 5.56 Å². The Balaban J connectivity index is 2.19. The third-order valence-electron chi connectivity index (χ3n) is 2.43. The Morgan fingerprint density at radius 3 is 2.26 bits per heavy atom. The minimum absolute atomic E-state index is 0.0827. The Morgan fingerprint density at radius 2 is 1.58 bits per heavy atom. The van der Waals surface area contributed by atoms with Crippen LogP contribution in [0.25, 0.3) is 0 Å². The molecule has 0 atom stereocenters. The lowest BCUT2D eigenvalue weighted by molar-refractivity contribution is -0.129. The van der Waals surface area contributed by atoms with Crippen LogP contribution in [0, 0.1) is 11.3 Å². The third kappa shape index (κ3) is 2.85. The molecule has 2 rings (SSSR count). The molecule has 4 nitrogen and oxygen atoms in total. The minimum Gasteiger partial charge on any atom is -0.419 e. The number of para-hydroxylation sites is 1. The number of Topliss-reactive ketones (excluding diaryl/α,β-unsaturated/α-hetero) is 1. The normalized spacial score (nSPS) is 9.42. The quantitative estimate of drug-likeness (QED) is 0.363. The number of ketones is 1. The molecule has 0 radical (unpaired) electrons. The molecule has 0 N–H and O–H groups in total. The first-order valence-electron chi connectivity index (χ1n) is 5.53. The fourth-order valence-corrected chi connectivity index (χ4v) is 1.50. The van der Waals surface area contributed by atoms with Crippen LogP contribution in [-0.4, -0.2) is 11.8 Å². The van der Waals surface area contributed by atoms with Crippen LogP contribution >= 0.6 is 0 Å². The molecule has 0 heterocycles. The highest BCUT2D eigenvalue weighted by atomic mass is 16.5. The van der Waals surface area contributed by atoms with E-state index in [1.165, 1.54) is 24.3 Å². The first kappa shape index (κ1) is 12.5. The number of nitrogens with zero attached hydrogens (tertiary/aromatic N) is 1. The number of hydrogen-bond acceptors (Lipinski definition) is 4. The number of carbonyl (C=O) groups excluding carboxylic acids is 2. The van der Waals surface area contributed by atoms with E-state index in [1.807, 2.05) is 6.07 Å². The molecule has 2 aromatic carbocycles. The van der Waals surface area contributed by atoms with Gasteiger partial charge in [0.15, 0.2) is 0 Å². The largest absolute Gasteiger partial charge is 0.419 e. The molecule has 0 spiro atoms. The van der Waals surface area contributed by atoms with E-state index in [2.05, 4.69) is 0 Å². The summed E-state index contributed by atoms with van der Waals surface area (Å²) < 4.78 is 4.94. The lowest BCUT2D eigenvalue weighted by atomic mass is 10.1. The van der Waals surface area contributed by atoms with E-state index in [9.17, 15) is 9.59 Å². The Bertz CT molecular complexity index is 657. The average molecular weight is 251 g/mol. The summed E-state index contributed by atoms with van der Waals surface area (Å²) in [5.74, 6) is -1.67. The van der Waals surface area contributed by atoms with Crippen LogP contribution < -0.4 is 4.74 Å². The molecular formula is C15H9NO3. The summed E-state index contributed by atoms with van der Waals surface area (Å²) in [6.07, 6.45) is 0. The monoisotopic (exact) mass is 251 g/mol. The Hall–Kier alpha value is -2.93. The summed E-state index contributed by atoms with van der Waals surface area (Å²) >= 11 is 0. The number of carbonyl (C=O) groups is 2. The SMILES string of the molecule is N#Cc1ccccc1OC(=O)C(=O)c1ccccc1. The van der Waals surface area contributed by atoms with Gasteiger partial charge in [-0.15, -0.1) is 0 Å². The summed E-state index contributed by atoms with van der Waals surface area (Å²) in [4.78, 5) is 23.5. The lowest BCUT2D eigenvalue weighted by Gasteiger charge is -2.04. The highest BCUT2D eigenvalue weighted by molar-refractivity contribution is 6.41. The molecule has 0 aromatic heterocycles. The standard InChI is InChI=1S/C15H9NO3/c16-10-12-8-4-5-9-13(12)19-15(18)14(17)11-6-2-1-3-7-11/h1-9H. The molecule has 0 aliphatic carbocycles. The van der Waals surface area contributed by atoms with Gasteiger partial charge < -0.3 is 4.74 Å².